The van der Waals surface area contributed by atoms with Gasteiger partial charge in [0.25, 0.3) is 0 Å². The Morgan fingerprint density at radius 3 is 1.74 bits per heavy atom. The van der Waals surface area contributed by atoms with E-state index >= 15 is 0 Å². The third-order valence-electron chi connectivity index (χ3n) is 13.6. The smallest absolute Gasteiger partial charge is 0.135 e. The molecule has 0 saturated heterocycles. The molecule has 1 aliphatic rings. The van der Waals surface area contributed by atoms with Crippen molar-refractivity contribution in [1.82, 2.24) is 4.57 Å². The number of hydrogen-bond acceptors (Lipinski definition) is 2. The molecular weight excluding hydrogens is 753 g/mol. The van der Waals surface area contributed by atoms with Gasteiger partial charge in [0.15, 0.2) is 0 Å². The monoisotopic (exact) mass is 792 g/mol. The van der Waals surface area contributed by atoms with Crippen molar-refractivity contribution < 1.29 is 4.42 Å². The molecule has 0 N–H and O–H groups in total. The Morgan fingerprint density at radius 1 is 0.403 bits per heavy atom. The fourth-order valence-corrected chi connectivity index (χ4v) is 10.6. The summed E-state index contributed by atoms with van der Waals surface area (Å²) in [6, 6.07) is 75.4. The summed E-state index contributed by atoms with van der Waals surface area (Å²) in [6.45, 7) is 4.70. The summed E-state index contributed by atoms with van der Waals surface area (Å²) in [4.78, 5) is 2.39. The highest BCUT2D eigenvalue weighted by Gasteiger charge is 2.35. The zero-order chi connectivity index (χ0) is 41.1. The summed E-state index contributed by atoms with van der Waals surface area (Å²) in [5, 5.41) is 9.91. The van der Waals surface area contributed by atoms with Crippen LogP contribution in [0.15, 0.2) is 211 Å². The lowest BCUT2D eigenvalue weighted by Gasteiger charge is -2.28. The molecule has 2 heterocycles. The molecule has 2 aromatic heterocycles. The van der Waals surface area contributed by atoms with E-state index in [2.05, 4.69) is 217 Å². The van der Waals surface area contributed by atoms with Gasteiger partial charge in [0, 0.05) is 55.1 Å². The standard InChI is InChI=1S/C59H40N2O/c1-59(2)52-20-10-7-15-45(52)46-33-31-42(36-53(46)59)60(41-32-34-56-51(35-41)47-16-9-12-22-55(47)62-56)39-27-23-37(24-28-39)38-25-29-40(30-26-38)61-54-21-11-8-19-50(54)57-48-17-5-3-13-43(48)44-14-4-6-18-49(44)58(57)61/h3-36H,1-2H3. The average Bonchev–Trinajstić information content (AvgIpc) is 3.95. The average molecular weight is 793 g/mol. The van der Waals surface area contributed by atoms with E-state index in [1.807, 2.05) is 12.1 Å². The Hall–Kier alpha value is -7.88. The van der Waals surface area contributed by atoms with E-state index in [1.54, 1.807) is 0 Å². The molecule has 1 aliphatic carbocycles. The zero-order valence-corrected chi connectivity index (χ0v) is 34.4. The van der Waals surface area contributed by atoms with Gasteiger partial charge in [-0.25, -0.2) is 0 Å². The van der Waals surface area contributed by atoms with E-state index in [4.69, 9.17) is 4.42 Å². The largest absolute Gasteiger partial charge is 0.456 e. The van der Waals surface area contributed by atoms with Gasteiger partial charge in [0.05, 0.1) is 11.0 Å². The number of rotatable bonds is 5. The van der Waals surface area contributed by atoms with Crippen LogP contribution >= 0.6 is 0 Å². The van der Waals surface area contributed by atoms with Crippen molar-refractivity contribution in [2.45, 2.75) is 19.3 Å². The molecule has 3 nitrogen and oxygen atoms in total. The van der Waals surface area contributed by atoms with E-state index in [1.165, 1.54) is 76.7 Å². The first-order chi connectivity index (χ1) is 30.5. The molecule has 0 saturated carbocycles. The van der Waals surface area contributed by atoms with Crippen LogP contribution < -0.4 is 4.90 Å². The van der Waals surface area contributed by atoms with Crippen molar-refractivity contribution in [1.29, 1.82) is 0 Å². The van der Waals surface area contributed by atoms with Crippen LogP contribution in [0, 0.1) is 0 Å². The van der Waals surface area contributed by atoms with Crippen LogP contribution in [0.1, 0.15) is 25.0 Å². The third kappa shape index (κ3) is 5.00. The van der Waals surface area contributed by atoms with Gasteiger partial charge < -0.3 is 13.9 Å². The van der Waals surface area contributed by atoms with Crippen molar-refractivity contribution in [3.8, 4) is 27.9 Å². The van der Waals surface area contributed by atoms with Crippen LogP contribution in [0.4, 0.5) is 17.1 Å². The highest BCUT2D eigenvalue weighted by Crippen LogP contribution is 2.51. The summed E-state index contributed by atoms with van der Waals surface area (Å²) < 4.78 is 8.74. The predicted molar refractivity (Wildman–Crippen MR) is 261 cm³/mol. The molecule has 3 heteroatoms. The van der Waals surface area contributed by atoms with Crippen molar-refractivity contribution in [2.75, 3.05) is 4.90 Å². The highest BCUT2D eigenvalue weighted by molar-refractivity contribution is 6.32. The summed E-state index contributed by atoms with van der Waals surface area (Å²) in [5.41, 5.74) is 16.3. The van der Waals surface area contributed by atoms with Crippen molar-refractivity contribution in [3.63, 3.8) is 0 Å². The molecule has 0 amide bonds. The Labute approximate surface area is 359 Å². The molecule has 0 radical (unpaired) electrons. The lowest BCUT2D eigenvalue weighted by Crippen LogP contribution is -2.16. The maximum absolute atomic E-state index is 6.28. The topological polar surface area (TPSA) is 21.3 Å². The second-order valence-electron chi connectivity index (χ2n) is 17.3. The van der Waals surface area contributed by atoms with Gasteiger partial charge in [-0.2, -0.15) is 0 Å². The minimum Gasteiger partial charge on any atom is -0.456 e. The van der Waals surface area contributed by atoms with Crippen molar-refractivity contribution >= 4 is 82.4 Å². The number of para-hydroxylation sites is 2. The Morgan fingerprint density at radius 2 is 0.952 bits per heavy atom. The molecule has 0 unspecified atom stereocenters. The molecule has 62 heavy (non-hydrogen) atoms. The van der Waals surface area contributed by atoms with E-state index < -0.39 is 0 Å². The fourth-order valence-electron chi connectivity index (χ4n) is 10.6. The lowest BCUT2D eigenvalue weighted by molar-refractivity contribution is 0.660. The molecular formula is C59H40N2O. The first-order valence-corrected chi connectivity index (χ1v) is 21.5. The minimum absolute atomic E-state index is 0.117. The molecule has 0 atom stereocenters. The Bertz CT molecular complexity index is 3770. The third-order valence-corrected chi connectivity index (χ3v) is 13.6. The normalized spacial score (nSPS) is 13.1. The van der Waals surface area contributed by atoms with E-state index in [-0.39, 0.29) is 5.41 Å². The molecule has 0 spiro atoms. The van der Waals surface area contributed by atoms with Crippen molar-refractivity contribution in [2.24, 2.45) is 0 Å². The number of nitrogens with zero attached hydrogens (tertiary/aromatic N) is 2. The Balaban J connectivity index is 0.924. The van der Waals surface area contributed by atoms with Gasteiger partial charge >= 0.3 is 0 Å². The van der Waals surface area contributed by atoms with Crippen LogP contribution in [0.3, 0.4) is 0 Å². The molecule has 10 aromatic carbocycles. The van der Waals surface area contributed by atoms with Gasteiger partial charge in [-0.05, 0) is 116 Å². The summed E-state index contributed by atoms with van der Waals surface area (Å²) in [7, 11) is 0. The second-order valence-corrected chi connectivity index (χ2v) is 17.3. The fraction of sp³-hybridized carbons (Fsp3) is 0.0508. The summed E-state index contributed by atoms with van der Waals surface area (Å²) >= 11 is 0. The van der Waals surface area contributed by atoms with E-state index in [0.717, 1.165) is 44.7 Å². The van der Waals surface area contributed by atoms with Crippen LogP contribution in [0.2, 0.25) is 0 Å². The van der Waals surface area contributed by atoms with Gasteiger partial charge in [0.2, 0.25) is 0 Å². The number of hydrogen-bond donors (Lipinski definition) is 0. The van der Waals surface area contributed by atoms with Gasteiger partial charge in [-0.15, -0.1) is 0 Å². The first kappa shape index (κ1) is 34.9. The van der Waals surface area contributed by atoms with Crippen LogP contribution in [0.25, 0.3) is 93.2 Å². The maximum atomic E-state index is 6.28. The van der Waals surface area contributed by atoms with Crippen LogP contribution in [-0.2, 0) is 5.41 Å². The first-order valence-electron chi connectivity index (χ1n) is 21.5. The molecule has 12 aromatic rings. The van der Waals surface area contributed by atoms with Crippen LogP contribution in [0.5, 0.6) is 0 Å². The predicted octanol–water partition coefficient (Wildman–Crippen LogP) is 16.4. The highest BCUT2D eigenvalue weighted by atomic mass is 16.3. The molecule has 13 rings (SSSR count). The number of furan rings is 1. The molecule has 0 fully saturated rings. The minimum atomic E-state index is -0.117. The quantitative estimate of drug-likeness (QED) is 0.162. The van der Waals surface area contributed by atoms with Crippen molar-refractivity contribution in [3.05, 3.63) is 217 Å². The summed E-state index contributed by atoms with van der Waals surface area (Å²) in [5.74, 6) is 0. The van der Waals surface area contributed by atoms with E-state index in [0.29, 0.717) is 0 Å². The Kier molecular flexibility index (Phi) is 7.36. The zero-order valence-electron chi connectivity index (χ0n) is 34.4. The van der Waals surface area contributed by atoms with Gasteiger partial charge in [-0.3, -0.25) is 0 Å². The molecule has 0 bridgehead atoms. The SMILES string of the molecule is CC1(C)c2ccccc2-c2ccc(N(c3ccc(-c4ccc(-n5c6ccccc6c6c7ccccc7c7ccccc7c65)cc4)cc3)c3ccc4oc5ccccc5c4c3)cc21. The second kappa shape index (κ2) is 13.1. The number of aromatic nitrogens is 1. The van der Waals surface area contributed by atoms with Crippen LogP contribution in [-0.4, -0.2) is 4.57 Å². The molecule has 0 aliphatic heterocycles. The van der Waals surface area contributed by atoms with Gasteiger partial charge in [0.1, 0.15) is 11.2 Å². The summed E-state index contributed by atoms with van der Waals surface area (Å²) in [6.07, 6.45) is 0. The van der Waals surface area contributed by atoms with E-state index in [9.17, 15) is 0 Å². The number of benzene rings is 10. The lowest BCUT2D eigenvalue weighted by atomic mass is 9.82. The van der Waals surface area contributed by atoms with Gasteiger partial charge in [-0.1, -0.05) is 153 Å². The molecule has 292 valence electrons. The maximum Gasteiger partial charge on any atom is 0.135 e. The number of anilines is 3. The number of fused-ring (bicyclic) bond motifs is 14.